The Morgan fingerprint density at radius 2 is 2.06 bits per heavy atom. The largest absolute Gasteiger partial charge is 0.324 e. The van der Waals surface area contributed by atoms with Gasteiger partial charge in [0.15, 0.2) is 26.3 Å². The zero-order valence-electron chi connectivity index (χ0n) is 8.36. The second kappa shape index (κ2) is 4.32. The van der Waals surface area contributed by atoms with Crippen molar-refractivity contribution in [1.82, 2.24) is 19.8 Å². The van der Waals surface area contributed by atoms with E-state index in [4.69, 9.17) is 5.73 Å². The summed E-state index contributed by atoms with van der Waals surface area (Å²) in [4.78, 5) is 0. The fraction of sp³-hybridized carbons (Fsp3) is 0.286. The van der Waals surface area contributed by atoms with Crippen LogP contribution in [0.15, 0.2) is 17.2 Å². The summed E-state index contributed by atoms with van der Waals surface area (Å²) in [6.07, 6.45) is 1.09. The Labute approximate surface area is 98.0 Å². The Morgan fingerprint density at radius 3 is 2.62 bits per heavy atom. The van der Waals surface area contributed by atoms with Crippen molar-refractivity contribution < 1.29 is 8.42 Å². The first-order valence-electron chi connectivity index (χ1n) is 4.14. The monoisotopic (exact) mass is 263 g/mol. The van der Waals surface area contributed by atoms with Crippen molar-refractivity contribution >= 4 is 27.9 Å². The molecule has 0 fully saturated rings. The third kappa shape index (κ3) is 2.13. The molecule has 0 bridgehead atoms. The van der Waals surface area contributed by atoms with Gasteiger partial charge in [0.05, 0.1) is 6.54 Å². The third-order valence-electron chi connectivity index (χ3n) is 1.87. The van der Waals surface area contributed by atoms with Crippen molar-refractivity contribution in [3.8, 4) is 0 Å². The fourth-order valence-electron chi connectivity index (χ4n) is 1.14. The molecule has 0 radical (unpaired) electrons. The van der Waals surface area contributed by atoms with E-state index in [-0.39, 0.29) is 24.0 Å². The summed E-state index contributed by atoms with van der Waals surface area (Å²) in [5.74, 6) is 0.426. The van der Waals surface area contributed by atoms with E-state index in [2.05, 4.69) is 15.3 Å². The molecule has 0 aliphatic rings. The molecule has 0 unspecified atom stereocenters. The van der Waals surface area contributed by atoms with Gasteiger partial charge in [0.2, 0.25) is 0 Å². The minimum Gasteiger partial charge on any atom is -0.324 e. The van der Waals surface area contributed by atoms with Gasteiger partial charge in [-0.15, -0.1) is 22.6 Å². The molecular formula is C7H10ClN5O2S. The predicted octanol–water partition coefficient (Wildman–Crippen LogP) is -0.592. The summed E-state index contributed by atoms with van der Waals surface area (Å²) in [5.41, 5.74) is 5.88. The smallest absolute Gasteiger partial charge is 0.194 e. The predicted molar refractivity (Wildman–Crippen MR) is 59.0 cm³/mol. The highest BCUT2D eigenvalue weighted by Crippen LogP contribution is 2.07. The van der Waals surface area contributed by atoms with E-state index in [1.807, 2.05) is 0 Å². The summed E-state index contributed by atoms with van der Waals surface area (Å²) < 4.78 is 23.8. The van der Waals surface area contributed by atoms with Gasteiger partial charge in [-0.3, -0.25) is 0 Å². The number of hydrogen-bond donors (Lipinski definition) is 1. The number of halogens is 1. The average molecular weight is 264 g/mol. The van der Waals surface area contributed by atoms with Crippen molar-refractivity contribution in [2.45, 2.75) is 11.6 Å². The van der Waals surface area contributed by atoms with E-state index >= 15 is 0 Å². The van der Waals surface area contributed by atoms with Gasteiger partial charge in [-0.25, -0.2) is 8.42 Å². The zero-order chi connectivity index (χ0) is 11.1. The normalized spacial score (nSPS) is 11.4. The topological polar surface area (TPSA) is 103 Å². The van der Waals surface area contributed by atoms with Gasteiger partial charge >= 0.3 is 0 Å². The molecule has 2 rings (SSSR count). The fourth-order valence-corrected chi connectivity index (χ4v) is 1.69. The Kier molecular flexibility index (Phi) is 3.46. The van der Waals surface area contributed by atoms with Crippen LogP contribution in [0.3, 0.4) is 0 Å². The number of nitrogens with two attached hydrogens (primary N) is 1. The van der Waals surface area contributed by atoms with Crippen molar-refractivity contribution in [3.63, 3.8) is 0 Å². The van der Waals surface area contributed by atoms with Crippen LogP contribution in [-0.2, 0) is 16.4 Å². The highest BCUT2D eigenvalue weighted by Gasteiger charge is 2.12. The van der Waals surface area contributed by atoms with Crippen LogP contribution in [0.5, 0.6) is 0 Å². The van der Waals surface area contributed by atoms with Crippen LogP contribution in [0.2, 0.25) is 0 Å². The minimum absolute atomic E-state index is 0. The average Bonchev–Trinajstić information content (AvgIpc) is 2.57. The molecule has 0 saturated heterocycles. The zero-order valence-corrected chi connectivity index (χ0v) is 9.99. The molecule has 2 heterocycles. The number of fused-ring (bicyclic) bond motifs is 1. The molecule has 0 aliphatic heterocycles. The van der Waals surface area contributed by atoms with E-state index in [0.717, 1.165) is 6.26 Å². The van der Waals surface area contributed by atoms with E-state index in [9.17, 15) is 8.42 Å². The Hall–Kier alpha value is -1.25. The maximum absolute atomic E-state index is 11.3. The van der Waals surface area contributed by atoms with Crippen molar-refractivity contribution in [3.05, 3.63) is 18.0 Å². The quantitative estimate of drug-likeness (QED) is 0.777. The minimum atomic E-state index is -3.33. The van der Waals surface area contributed by atoms with Crippen LogP contribution in [-0.4, -0.2) is 34.5 Å². The van der Waals surface area contributed by atoms with E-state index in [0.29, 0.717) is 11.5 Å². The summed E-state index contributed by atoms with van der Waals surface area (Å²) >= 11 is 0. The van der Waals surface area contributed by atoms with Crippen LogP contribution < -0.4 is 5.73 Å². The first kappa shape index (κ1) is 12.8. The second-order valence-corrected chi connectivity index (χ2v) is 5.00. The molecular weight excluding hydrogens is 254 g/mol. The molecule has 0 saturated carbocycles. The van der Waals surface area contributed by atoms with Crippen LogP contribution in [0.1, 0.15) is 5.82 Å². The third-order valence-corrected chi connectivity index (χ3v) is 2.84. The first-order valence-corrected chi connectivity index (χ1v) is 6.03. The van der Waals surface area contributed by atoms with E-state index in [1.165, 1.54) is 16.6 Å². The number of aromatic nitrogens is 4. The Balaban J connectivity index is 0.00000128. The molecule has 0 aromatic carbocycles. The Bertz CT molecular complexity index is 608. The molecule has 88 valence electrons. The molecule has 0 spiro atoms. The van der Waals surface area contributed by atoms with Gasteiger partial charge < -0.3 is 5.73 Å². The standard InChI is InChI=1S/C7H9N5O2S.ClH/c1-15(13,14)7-3-2-5-9-10-6(4-8)12(5)11-7;/h2-3H,4,8H2,1H3;1H. The lowest BCUT2D eigenvalue weighted by atomic mass is 10.5. The molecule has 0 aliphatic carbocycles. The molecule has 0 atom stereocenters. The lowest BCUT2D eigenvalue weighted by Gasteiger charge is -1.98. The number of nitrogens with zero attached hydrogens (tertiary/aromatic N) is 4. The highest BCUT2D eigenvalue weighted by molar-refractivity contribution is 7.90. The molecule has 2 aromatic rings. The number of sulfone groups is 1. The maximum Gasteiger partial charge on any atom is 0.194 e. The molecule has 7 nitrogen and oxygen atoms in total. The van der Waals surface area contributed by atoms with Crippen molar-refractivity contribution in [1.29, 1.82) is 0 Å². The lowest BCUT2D eigenvalue weighted by Crippen LogP contribution is -2.09. The SMILES string of the molecule is CS(=O)(=O)c1ccc2nnc(CN)n2n1.Cl. The molecule has 2 aromatic heterocycles. The van der Waals surface area contributed by atoms with Gasteiger partial charge in [0.1, 0.15) is 0 Å². The van der Waals surface area contributed by atoms with E-state index < -0.39 is 9.84 Å². The molecule has 9 heteroatoms. The summed E-state index contributed by atoms with van der Waals surface area (Å²) in [5, 5.41) is 11.4. The Morgan fingerprint density at radius 1 is 1.38 bits per heavy atom. The van der Waals surface area contributed by atoms with Gasteiger partial charge in [-0.05, 0) is 12.1 Å². The highest BCUT2D eigenvalue weighted by atomic mass is 35.5. The first-order chi connectivity index (χ1) is 7.02. The van der Waals surface area contributed by atoms with Gasteiger partial charge in [0, 0.05) is 6.26 Å². The summed E-state index contributed by atoms with van der Waals surface area (Å²) in [7, 11) is -3.33. The van der Waals surface area contributed by atoms with E-state index in [1.54, 1.807) is 0 Å². The van der Waals surface area contributed by atoms with Crippen molar-refractivity contribution in [2.75, 3.05) is 6.26 Å². The second-order valence-electron chi connectivity index (χ2n) is 3.03. The van der Waals surface area contributed by atoms with Crippen LogP contribution in [0.4, 0.5) is 0 Å². The number of hydrogen-bond acceptors (Lipinski definition) is 6. The van der Waals surface area contributed by atoms with Gasteiger partial charge in [0.25, 0.3) is 0 Å². The number of rotatable bonds is 2. The molecule has 16 heavy (non-hydrogen) atoms. The summed E-state index contributed by atoms with van der Waals surface area (Å²) in [6, 6.07) is 2.93. The van der Waals surface area contributed by atoms with Crippen LogP contribution in [0, 0.1) is 0 Å². The molecule has 0 amide bonds. The summed E-state index contributed by atoms with van der Waals surface area (Å²) in [6.45, 7) is 0.154. The lowest BCUT2D eigenvalue weighted by molar-refractivity contribution is 0.594. The maximum atomic E-state index is 11.3. The van der Waals surface area contributed by atoms with Gasteiger partial charge in [-0.1, -0.05) is 0 Å². The van der Waals surface area contributed by atoms with Crippen LogP contribution in [0.25, 0.3) is 5.65 Å². The van der Waals surface area contributed by atoms with Gasteiger partial charge in [-0.2, -0.15) is 9.61 Å². The van der Waals surface area contributed by atoms with Crippen molar-refractivity contribution in [2.24, 2.45) is 5.73 Å². The van der Waals surface area contributed by atoms with Crippen LogP contribution >= 0.6 is 12.4 Å². The molecule has 2 N–H and O–H groups in total.